The zero-order valence-corrected chi connectivity index (χ0v) is 11.6. The van der Waals surface area contributed by atoms with E-state index in [4.69, 9.17) is 11.6 Å². The summed E-state index contributed by atoms with van der Waals surface area (Å²) in [5, 5.41) is 12.2. The van der Waals surface area contributed by atoms with Gasteiger partial charge in [-0.05, 0) is 18.1 Å². The van der Waals surface area contributed by atoms with Crippen molar-refractivity contribution in [2.45, 2.75) is 32.1 Å². The van der Waals surface area contributed by atoms with Crippen molar-refractivity contribution in [3.63, 3.8) is 0 Å². The van der Waals surface area contributed by atoms with Crippen LogP contribution in [-0.2, 0) is 0 Å². The molecule has 0 aliphatic carbocycles. The van der Waals surface area contributed by atoms with Crippen LogP contribution in [0.4, 0.5) is 0 Å². The maximum absolute atomic E-state index is 11.8. The number of aromatic hydroxyl groups is 1. The normalized spacial score (nSPS) is 12.4. The Hall–Kier alpha value is -1.22. The van der Waals surface area contributed by atoms with Crippen molar-refractivity contribution < 1.29 is 9.90 Å². The minimum atomic E-state index is -0.287. The summed E-state index contributed by atoms with van der Waals surface area (Å²) in [7, 11) is 0. The van der Waals surface area contributed by atoms with Gasteiger partial charge in [-0.3, -0.25) is 4.79 Å². The average Bonchev–Trinajstić information content (AvgIpc) is 2.38. The van der Waals surface area contributed by atoms with Gasteiger partial charge >= 0.3 is 0 Å². The number of carbonyl (C=O) groups excluding carboxylic acids is 1. The molecule has 0 saturated carbocycles. The molecule has 0 bridgehead atoms. The van der Waals surface area contributed by atoms with Gasteiger partial charge in [0.2, 0.25) is 0 Å². The molecular weight excluding hydrogens is 250 g/mol. The number of hydrogen-bond donors (Lipinski definition) is 2. The highest BCUT2D eigenvalue weighted by atomic mass is 35.5. The summed E-state index contributed by atoms with van der Waals surface area (Å²) < 4.78 is 0. The highest BCUT2D eigenvalue weighted by molar-refractivity contribution is 6.21. The Morgan fingerprint density at radius 3 is 2.50 bits per heavy atom. The second-order valence-corrected chi connectivity index (χ2v) is 4.88. The lowest BCUT2D eigenvalue weighted by Gasteiger charge is -2.19. The van der Waals surface area contributed by atoms with Crippen molar-refractivity contribution in [3.05, 3.63) is 29.8 Å². The first-order valence-electron chi connectivity index (χ1n) is 6.30. The number of para-hydroxylation sites is 1. The van der Waals surface area contributed by atoms with E-state index in [1.165, 1.54) is 6.07 Å². The Kier molecular flexibility index (Phi) is 5.99. The Morgan fingerprint density at radius 1 is 1.33 bits per heavy atom. The van der Waals surface area contributed by atoms with Crippen molar-refractivity contribution in [1.29, 1.82) is 0 Å². The lowest BCUT2D eigenvalue weighted by molar-refractivity contribution is 0.0949. The molecule has 0 aliphatic heterocycles. The molecule has 0 heterocycles. The average molecular weight is 270 g/mol. The number of phenolic OH excluding ortho intramolecular Hbond substituents is 1. The van der Waals surface area contributed by atoms with Crippen LogP contribution in [0.1, 0.15) is 37.0 Å². The minimum Gasteiger partial charge on any atom is -0.507 e. The van der Waals surface area contributed by atoms with Crippen LogP contribution in [0.2, 0.25) is 0 Å². The zero-order chi connectivity index (χ0) is 13.5. The van der Waals surface area contributed by atoms with Gasteiger partial charge in [-0.1, -0.05) is 38.8 Å². The van der Waals surface area contributed by atoms with Crippen LogP contribution in [0, 0.1) is 5.92 Å². The Balaban J connectivity index is 2.54. The molecule has 1 rings (SSSR count). The number of halogens is 1. The molecule has 0 saturated heterocycles. The maximum atomic E-state index is 11.8. The molecular formula is C14H20ClNO2. The monoisotopic (exact) mass is 269 g/mol. The van der Waals surface area contributed by atoms with Crippen LogP contribution in [-0.4, -0.2) is 22.9 Å². The fraction of sp³-hybridized carbons (Fsp3) is 0.500. The fourth-order valence-corrected chi connectivity index (χ4v) is 2.35. The summed E-state index contributed by atoms with van der Waals surface area (Å²) in [4.78, 5) is 11.8. The predicted octanol–water partition coefficient (Wildman–Crippen LogP) is 3.17. The van der Waals surface area contributed by atoms with Crippen LogP contribution in [0.15, 0.2) is 24.3 Å². The summed E-state index contributed by atoms with van der Waals surface area (Å²) >= 11 is 6.24. The first-order valence-corrected chi connectivity index (χ1v) is 6.74. The van der Waals surface area contributed by atoms with Crippen LogP contribution in [0.25, 0.3) is 0 Å². The maximum Gasteiger partial charge on any atom is 0.255 e. The highest BCUT2D eigenvalue weighted by Gasteiger charge is 2.17. The van der Waals surface area contributed by atoms with Crippen LogP contribution in [0.3, 0.4) is 0 Å². The molecule has 4 heteroatoms. The van der Waals surface area contributed by atoms with Gasteiger partial charge in [-0.2, -0.15) is 0 Å². The summed E-state index contributed by atoms with van der Waals surface area (Å²) in [6.07, 6.45) is 1.99. The lowest BCUT2D eigenvalue weighted by atomic mass is 9.99. The molecule has 100 valence electrons. The van der Waals surface area contributed by atoms with Crippen molar-refractivity contribution >= 4 is 17.5 Å². The van der Waals surface area contributed by atoms with E-state index in [0.29, 0.717) is 12.5 Å². The number of hydrogen-bond acceptors (Lipinski definition) is 2. The predicted molar refractivity (Wildman–Crippen MR) is 74.2 cm³/mol. The van der Waals surface area contributed by atoms with Gasteiger partial charge in [0.1, 0.15) is 5.75 Å². The van der Waals surface area contributed by atoms with Crippen LogP contribution < -0.4 is 5.32 Å². The number of phenols is 1. The third-order valence-electron chi connectivity index (χ3n) is 3.17. The summed E-state index contributed by atoms with van der Waals surface area (Å²) in [6.45, 7) is 4.60. The van der Waals surface area contributed by atoms with Crippen molar-refractivity contribution in [2.75, 3.05) is 6.54 Å². The van der Waals surface area contributed by atoms with Crippen molar-refractivity contribution in [2.24, 2.45) is 5.92 Å². The number of carbonyl (C=O) groups is 1. The number of alkyl halides is 1. The number of nitrogens with one attached hydrogen (secondary N) is 1. The van der Waals surface area contributed by atoms with Gasteiger partial charge in [-0.25, -0.2) is 0 Å². The molecule has 0 aliphatic rings. The van der Waals surface area contributed by atoms with E-state index in [-0.39, 0.29) is 22.6 Å². The van der Waals surface area contributed by atoms with Gasteiger partial charge in [-0.15, -0.1) is 11.6 Å². The number of benzene rings is 1. The summed E-state index contributed by atoms with van der Waals surface area (Å²) in [6, 6.07) is 6.48. The molecule has 0 radical (unpaired) electrons. The zero-order valence-electron chi connectivity index (χ0n) is 10.8. The molecule has 2 N–H and O–H groups in total. The molecule has 3 nitrogen and oxygen atoms in total. The molecule has 0 fully saturated rings. The van der Waals surface area contributed by atoms with E-state index in [9.17, 15) is 9.90 Å². The molecule has 1 amide bonds. The second-order valence-electron chi connectivity index (χ2n) is 4.32. The van der Waals surface area contributed by atoms with E-state index < -0.39 is 0 Å². The van der Waals surface area contributed by atoms with Gasteiger partial charge in [0, 0.05) is 6.54 Å². The third kappa shape index (κ3) is 3.91. The molecule has 0 spiro atoms. The molecule has 0 aromatic heterocycles. The smallest absolute Gasteiger partial charge is 0.255 e. The van der Waals surface area contributed by atoms with Crippen LogP contribution >= 0.6 is 11.6 Å². The minimum absolute atomic E-state index is 0.0105. The molecule has 1 atom stereocenters. The Labute approximate surface area is 113 Å². The van der Waals surface area contributed by atoms with E-state index in [2.05, 4.69) is 19.2 Å². The van der Waals surface area contributed by atoms with Gasteiger partial charge in [0.15, 0.2) is 0 Å². The fourth-order valence-electron chi connectivity index (χ4n) is 1.92. The molecule has 1 unspecified atom stereocenters. The standard InChI is InChI=1S/C14H20ClNO2/c1-3-10(4-2)12(15)9-16-14(18)11-7-5-6-8-13(11)17/h5-8,10,12,17H,3-4,9H2,1-2H3,(H,16,18). The largest absolute Gasteiger partial charge is 0.507 e. The summed E-state index contributed by atoms with van der Waals surface area (Å²) in [5.41, 5.74) is 0.283. The molecule has 1 aromatic carbocycles. The first-order chi connectivity index (χ1) is 8.60. The van der Waals surface area contributed by atoms with Crippen molar-refractivity contribution in [3.8, 4) is 5.75 Å². The Morgan fingerprint density at radius 2 is 1.94 bits per heavy atom. The van der Waals surface area contributed by atoms with Gasteiger partial charge in [0.05, 0.1) is 10.9 Å². The van der Waals surface area contributed by atoms with Crippen LogP contribution in [0.5, 0.6) is 5.75 Å². The molecule has 1 aromatic rings. The summed E-state index contributed by atoms with van der Waals surface area (Å²) in [5.74, 6) is 0.102. The lowest BCUT2D eigenvalue weighted by Crippen LogP contribution is -2.33. The third-order valence-corrected chi connectivity index (χ3v) is 3.68. The van der Waals surface area contributed by atoms with E-state index in [0.717, 1.165) is 12.8 Å². The van der Waals surface area contributed by atoms with E-state index in [1.54, 1.807) is 18.2 Å². The number of rotatable bonds is 6. The van der Waals surface area contributed by atoms with E-state index >= 15 is 0 Å². The number of amides is 1. The van der Waals surface area contributed by atoms with E-state index in [1.807, 2.05) is 0 Å². The Bertz CT molecular complexity index is 391. The first kappa shape index (κ1) is 14.8. The molecule has 18 heavy (non-hydrogen) atoms. The van der Waals surface area contributed by atoms with Crippen molar-refractivity contribution in [1.82, 2.24) is 5.32 Å². The van der Waals surface area contributed by atoms with Gasteiger partial charge < -0.3 is 10.4 Å². The second kappa shape index (κ2) is 7.27. The SMILES string of the molecule is CCC(CC)C(Cl)CNC(=O)c1ccccc1O. The highest BCUT2D eigenvalue weighted by Crippen LogP contribution is 2.19. The quantitative estimate of drug-likeness (QED) is 0.780. The topological polar surface area (TPSA) is 49.3 Å². The van der Waals surface area contributed by atoms with Gasteiger partial charge in [0.25, 0.3) is 5.91 Å².